The van der Waals surface area contributed by atoms with Crippen LogP contribution in [-0.4, -0.2) is 18.6 Å². The van der Waals surface area contributed by atoms with Crippen LogP contribution in [0.15, 0.2) is 15.3 Å². The lowest BCUT2D eigenvalue weighted by Crippen LogP contribution is -2.14. The Morgan fingerprint density at radius 3 is 2.75 bits per heavy atom. The average molecular weight is 258 g/mol. The summed E-state index contributed by atoms with van der Waals surface area (Å²) in [7, 11) is 1.59. The Bertz CT molecular complexity index is 422. The minimum absolute atomic E-state index is 0.153. The molecule has 16 heavy (non-hydrogen) atoms. The van der Waals surface area contributed by atoms with Gasteiger partial charge in [0.15, 0.2) is 0 Å². The monoisotopic (exact) mass is 258 g/mol. The van der Waals surface area contributed by atoms with Gasteiger partial charge in [0.05, 0.1) is 11.7 Å². The number of hydrogen-bond acceptors (Lipinski definition) is 5. The molecule has 0 aliphatic carbocycles. The number of thioether (sulfide) groups is 2. The van der Waals surface area contributed by atoms with Crippen LogP contribution in [0, 0.1) is 6.92 Å². The number of aryl methyl sites for hydroxylation is 1. The predicted octanol–water partition coefficient (Wildman–Crippen LogP) is 2.83. The molecule has 0 spiro atoms. The Morgan fingerprint density at radius 1 is 1.44 bits per heavy atom. The molecular weight excluding hydrogens is 244 g/mol. The Hall–Kier alpha value is -0.550. The fourth-order valence-electron chi connectivity index (χ4n) is 1.63. The van der Waals surface area contributed by atoms with Gasteiger partial charge in [0.25, 0.3) is 0 Å². The zero-order chi connectivity index (χ0) is 11.5. The van der Waals surface area contributed by atoms with Crippen molar-refractivity contribution in [1.29, 1.82) is 0 Å². The Balaban J connectivity index is 2.41. The van der Waals surface area contributed by atoms with E-state index >= 15 is 0 Å². The van der Waals surface area contributed by atoms with Crippen LogP contribution in [0.1, 0.15) is 22.3 Å². The van der Waals surface area contributed by atoms with Crippen LogP contribution < -0.4 is 10.4 Å². The summed E-state index contributed by atoms with van der Waals surface area (Å²) in [5.74, 6) is 3.43. The fourth-order valence-corrected chi connectivity index (χ4v) is 4.58. The van der Waals surface area contributed by atoms with E-state index < -0.39 is 0 Å². The SMILES string of the molecule is COc1cc(C)oc(=O)c1C1SCCCS1. The third-order valence-electron chi connectivity index (χ3n) is 2.36. The number of methoxy groups -OCH3 is 1. The van der Waals surface area contributed by atoms with Crippen LogP contribution in [-0.2, 0) is 0 Å². The van der Waals surface area contributed by atoms with Gasteiger partial charge in [-0.2, -0.15) is 0 Å². The van der Waals surface area contributed by atoms with Crippen LogP contribution in [0.4, 0.5) is 0 Å². The van der Waals surface area contributed by atoms with E-state index in [1.807, 2.05) is 0 Å². The van der Waals surface area contributed by atoms with Gasteiger partial charge in [0, 0.05) is 6.07 Å². The fraction of sp³-hybridized carbons (Fsp3) is 0.545. The number of hydrogen-bond donors (Lipinski definition) is 0. The molecule has 0 aromatic carbocycles. The van der Waals surface area contributed by atoms with Crippen molar-refractivity contribution in [3.05, 3.63) is 27.8 Å². The van der Waals surface area contributed by atoms with Gasteiger partial charge in [-0.15, -0.1) is 23.5 Å². The second kappa shape index (κ2) is 5.19. The average Bonchev–Trinajstić information content (AvgIpc) is 2.29. The van der Waals surface area contributed by atoms with Gasteiger partial charge in [-0.1, -0.05) is 0 Å². The van der Waals surface area contributed by atoms with E-state index in [1.165, 1.54) is 6.42 Å². The van der Waals surface area contributed by atoms with E-state index in [0.717, 1.165) is 11.5 Å². The van der Waals surface area contributed by atoms with Crippen LogP contribution >= 0.6 is 23.5 Å². The highest BCUT2D eigenvalue weighted by atomic mass is 32.2. The molecule has 0 bridgehead atoms. The van der Waals surface area contributed by atoms with Crippen molar-refractivity contribution in [3.8, 4) is 5.75 Å². The van der Waals surface area contributed by atoms with Crippen molar-refractivity contribution in [3.63, 3.8) is 0 Å². The van der Waals surface area contributed by atoms with Gasteiger partial charge < -0.3 is 9.15 Å². The van der Waals surface area contributed by atoms with Crippen molar-refractivity contribution in [2.75, 3.05) is 18.6 Å². The first-order chi connectivity index (χ1) is 7.72. The Labute approximate surface area is 103 Å². The summed E-state index contributed by atoms with van der Waals surface area (Å²) >= 11 is 3.58. The zero-order valence-corrected chi connectivity index (χ0v) is 11.0. The van der Waals surface area contributed by atoms with Gasteiger partial charge in [-0.05, 0) is 24.9 Å². The molecular formula is C11H14O3S2. The molecule has 2 heterocycles. The molecule has 0 N–H and O–H groups in total. The number of rotatable bonds is 2. The van der Waals surface area contributed by atoms with Crippen molar-refractivity contribution in [2.45, 2.75) is 17.9 Å². The van der Waals surface area contributed by atoms with E-state index in [2.05, 4.69) is 0 Å². The van der Waals surface area contributed by atoms with Crippen molar-refractivity contribution in [2.24, 2.45) is 0 Å². The highest BCUT2D eigenvalue weighted by Gasteiger charge is 2.24. The van der Waals surface area contributed by atoms with E-state index in [-0.39, 0.29) is 10.2 Å². The molecule has 0 amide bonds. The lowest BCUT2D eigenvalue weighted by Gasteiger charge is -2.21. The minimum Gasteiger partial charge on any atom is -0.496 e. The maximum Gasteiger partial charge on any atom is 0.344 e. The summed E-state index contributed by atoms with van der Waals surface area (Å²) in [6, 6.07) is 1.78. The van der Waals surface area contributed by atoms with Crippen molar-refractivity contribution >= 4 is 23.5 Å². The summed E-state index contributed by atoms with van der Waals surface area (Å²) < 4.78 is 10.6. The van der Waals surface area contributed by atoms with E-state index in [0.29, 0.717) is 17.1 Å². The smallest absolute Gasteiger partial charge is 0.344 e. The third-order valence-corrected chi connectivity index (χ3v) is 5.30. The molecule has 3 nitrogen and oxygen atoms in total. The highest BCUT2D eigenvalue weighted by molar-refractivity contribution is 8.16. The van der Waals surface area contributed by atoms with E-state index in [9.17, 15) is 4.79 Å². The van der Waals surface area contributed by atoms with Gasteiger partial charge in [0.2, 0.25) is 0 Å². The molecule has 5 heteroatoms. The van der Waals surface area contributed by atoms with E-state index in [1.54, 1.807) is 43.6 Å². The first kappa shape index (κ1) is 11.9. The molecule has 1 aromatic heterocycles. The predicted molar refractivity (Wildman–Crippen MR) is 68.5 cm³/mol. The molecule has 1 aliphatic rings. The molecule has 1 aliphatic heterocycles. The summed E-state index contributed by atoms with van der Waals surface area (Å²) in [5.41, 5.74) is 0.409. The molecule has 1 fully saturated rings. The maximum atomic E-state index is 11.8. The Morgan fingerprint density at radius 2 is 2.12 bits per heavy atom. The summed E-state index contributed by atoms with van der Waals surface area (Å²) in [6.45, 7) is 1.76. The first-order valence-corrected chi connectivity index (χ1v) is 7.24. The van der Waals surface area contributed by atoms with Gasteiger partial charge in [0.1, 0.15) is 17.1 Å². The zero-order valence-electron chi connectivity index (χ0n) is 9.32. The number of ether oxygens (including phenoxy) is 1. The largest absolute Gasteiger partial charge is 0.496 e. The lowest BCUT2D eigenvalue weighted by molar-refractivity contribution is 0.390. The van der Waals surface area contributed by atoms with Gasteiger partial charge in [-0.3, -0.25) is 0 Å². The van der Waals surface area contributed by atoms with Crippen molar-refractivity contribution < 1.29 is 9.15 Å². The second-order valence-electron chi connectivity index (χ2n) is 3.55. The molecule has 1 saturated heterocycles. The maximum absolute atomic E-state index is 11.8. The highest BCUT2D eigenvalue weighted by Crippen LogP contribution is 2.45. The van der Waals surface area contributed by atoms with Crippen LogP contribution in [0.2, 0.25) is 0 Å². The summed E-state index contributed by atoms with van der Waals surface area (Å²) in [4.78, 5) is 11.8. The lowest BCUT2D eigenvalue weighted by atomic mass is 10.2. The van der Waals surface area contributed by atoms with Crippen LogP contribution in [0.3, 0.4) is 0 Å². The molecule has 0 radical (unpaired) electrons. The molecule has 0 unspecified atom stereocenters. The molecule has 1 aromatic rings. The second-order valence-corrected chi connectivity index (χ2v) is 6.28. The summed E-state index contributed by atoms with van der Waals surface area (Å²) in [6.07, 6.45) is 1.20. The quantitative estimate of drug-likeness (QED) is 0.815. The third kappa shape index (κ3) is 2.40. The first-order valence-electron chi connectivity index (χ1n) is 5.14. The molecule has 0 atom stereocenters. The topological polar surface area (TPSA) is 39.4 Å². The minimum atomic E-state index is -0.260. The molecule has 88 valence electrons. The molecule has 0 saturated carbocycles. The van der Waals surface area contributed by atoms with Crippen LogP contribution in [0.25, 0.3) is 0 Å². The summed E-state index contributed by atoms with van der Waals surface area (Å²) in [5, 5.41) is 0. The van der Waals surface area contributed by atoms with E-state index in [4.69, 9.17) is 9.15 Å². The normalized spacial score (nSPS) is 17.4. The van der Waals surface area contributed by atoms with Crippen LogP contribution in [0.5, 0.6) is 5.75 Å². The molecule has 2 rings (SSSR count). The van der Waals surface area contributed by atoms with Gasteiger partial charge >= 0.3 is 5.63 Å². The Kier molecular flexibility index (Phi) is 3.86. The van der Waals surface area contributed by atoms with Crippen molar-refractivity contribution in [1.82, 2.24) is 0 Å². The standard InChI is InChI=1S/C11H14O3S2/c1-7-6-8(13-2)9(10(12)14-7)11-15-4-3-5-16-11/h6,11H,3-5H2,1-2H3. The van der Waals surface area contributed by atoms with Gasteiger partial charge in [-0.25, -0.2) is 4.79 Å².